The van der Waals surface area contributed by atoms with Gasteiger partial charge in [0.15, 0.2) is 11.9 Å². The predicted molar refractivity (Wildman–Crippen MR) is 269 cm³/mol. The smallest absolute Gasteiger partial charge is 0.329 e. The molecule has 0 radical (unpaired) electrons. The Morgan fingerprint density at radius 3 is 1.96 bits per heavy atom. The van der Waals surface area contributed by atoms with Crippen molar-refractivity contribution in [3.05, 3.63) is 29.8 Å². The van der Waals surface area contributed by atoms with Gasteiger partial charge in [-0.2, -0.15) is 0 Å². The summed E-state index contributed by atoms with van der Waals surface area (Å²) in [5.74, 6) is -4.84. The third-order valence-electron chi connectivity index (χ3n) is 13.9. The molecule has 11 atom stereocenters. The molecule has 2 heterocycles. The molecule has 400 valence electrons. The lowest BCUT2D eigenvalue weighted by molar-refractivity contribution is -0.163. The summed E-state index contributed by atoms with van der Waals surface area (Å²) in [7, 11) is 4.55. The van der Waals surface area contributed by atoms with Crippen LogP contribution in [0.2, 0.25) is 0 Å². The van der Waals surface area contributed by atoms with Crippen LogP contribution in [0.25, 0.3) is 0 Å². The maximum atomic E-state index is 14.8. The summed E-state index contributed by atoms with van der Waals surface area (Å²) in [5, 5.41) is 20.4. The van der Waals surface area contributed by atoms with Crippen LogP contribution < -0.4 is 20.7 Å². The van der Waals surface area contributed by atoms with E-state index in [0.717, 1.165) is 6.42 Å². The number of benzene rings is 1. The van der Waals surface area contributed by atoms with Crippen molar-refractivity contribution in [3.63, 3.8) is 0 Å². The normalized spacial score (nSPS) is 19.7. The molecule has 18 nitrogen and oxygen atoms in total. The number of aliphatic hydroxyl groups excluding tert-OH is 1. The van der Waals surface area contributed by atoms with Gasteiger partial charge in [-0.15, -0.1) is 0 Å². The van der Waals surface area contributed by atoms with Crippen molar-refractivity contribution in [2.24, 2.45) is 29.6 Å². The van der Waals surface area contributed by atoms with E-state index in [-0.39, 0.29) is 54.1 Å². The van der Waals surface area contributed by atoms with Crippen molar-refractivity contribution in [1.29, 1.82) is 0 Å². The molecule has 2 aliphatic rings. The van der Waals surface area contributed by atoms with Crippen molar-refractivity contribution in [2.75, 3.05) is 34.3 Å². The number of nitrogens with one attached hydrogen (secondary N) is 3. The molecule has 0 aromatic heterocycles. The van der Waals surface area contributed by atoms with Gasteiger partial charge in [-0.3, -0.25) is 33.6 Å². The van der Waals surface area contributed by atoms with Crippen LogP contribution in [0, 0.1) is 29.6 Å². The molecule has 0 bridgehead atoms. The van der Waals surface area contributed by atoms with Gasteiger partial charge in [0.2, 0.25) is 29.5 Å². The number of aliphatic hydroxyl groups is 1. The average Bonchev–Trinajstić information content (AvgIpc) is 4.04. The number of carbonyl (C=O) groups excluding carboxylic acids is 8. The van der Waals surface area contributed by atoms with Gasteiger partial charge in [0.1, 0.15) is 36.0 Å². The molecule has 0 spiro atoms. The van der Waals surface area contributed by atoms with Crippen molar-refractivity contribution in [2.45, 2.75) is 189 Å². The maximum Gasteiger partial charge on any atom is 0.329 e. The minimum Gasteiger partial charge on any atom is -0.497 e. The molecule has 1 aromatic rings. The molecule has 5 amide bonds. The van der Waals surface area contributed by atoms with E-state index < -0.39 is 96.6 Å². The average molecular weight is 999 g/mol. The Kier molecular flexibility index (Phi) is 23.9. The molecule has 71 heavy (non-hydrogen) atoms. The molecular weight excluding hydrogens is 913 g/mol. The highest BCUT2D eigenvalue weighted by Gasteiger charge is 2.43. The van der Waals surface area contributed by atoms with Gasteiger partial charge in [-0.05, 0) is 100 Å². The molecule has 3 unspecified atom stereocenters. The molecule has 2 aliphatic heterocycles. The zero-order valence-electron chi connectivity index (χ0n) is 45.0. The van der Waals surface area contributed by atoms with Crippen molar-refractivity contribution in [3.8, 4) is 5.75 Å². The molecule has 1 aromatic carbocycles. The summed E-state index contributed by atoms with van der Waals surface area (Å²) in [5.41, 5.74) is 0.653. The van der Waals surface area contributed by atoms with Gasteiger partial charge < -0.3 is 50.0 Å². The third kappa shape index (κ3) is 17.3. The Morgan fingerprint density at radius 2 is 1.42 bits per heavy atom. The van der Waals surface area contributed by atoms with Crippen LogP contribution >= 0.6 is 0 Å². The van der Waals surface area contributed by atoms with Crippen molar-refractivity contribution < 1.29 is 57.7 Å². The Hall–Kier alpha value is -5.10. The summed E-state index contributed by atoms with van der Waals surface area (Å²) in [6, 6.07) is 0.602. The molecule has 0 saturated carbocycles. The van der Waals surface area contributed by atoms with Gasteiger partial charge in [0.25, 0.3) is 0 Å². The standard InChI is InChI=1S/C53H86N6O12/c1-15-33(8)45(43(61)29-44(62)71-47(32(6)7)35(10)60)55-49(64)46(56-48(63)41(27-31(4)5)57(12)51(66)39-18-16-24-54-39)36(11)70-53(68)42(28-37-20-22-38(69-14)23-21-37)58(13)52(67)40-19-17-25-59(40)50(65)34(9)26-30(2)3/h20-23,30-34,36,39-43,45-47,54,61H,15-19,24-29H2,1-14H3,(H,55,64)(H,56,63)/t33-,34-,36+,39?,40?,41?,42-,43-,45+,46-,47-/m0/s1. The summed E-state index contributed by atoms with van der Waals surface area (Å²) < 4.78 is 17.0. The van der Waals surface area contributed by atoms with E-state index in [4.69, 9.17) is 14.2 Å². The second-order valence-corrected chi connectivity index (χ2v) is 21.1. The van der Waals surface area contributed by atoms with Gasteiger partial charge in [0.05, 0.1) is 31.7 Å². The first-order valence-electron chi connectivity index (χ1n) is 25.7. The molecule has 2 fully saturated rings. The number of methoxy groups -OCH3 is 1. The van der Waals surface area contributed by atoms with E-state index in [1.54, 1.807) is 57.0 Å². The third-order valence-corrected chi connectivity index (χ3v) is 13.9. The number of hydrogen-bond acceptors (Lipinski definition) is 13. The summed E-state index contributed by atoms with van der Waals surface area (Å²) in [6.45, 7) is 20.6. The molecule has 2 saturated heterocycles. The Morgan fingerprint density at radius 1 is 0.803 bits per heavy atom. The highest BCUT2D eigenvalue weighted by molar-refractivity contribution is 5.94. The number of likely N-dealkylation sites (tertiary alicyclic amines) is 1. The first kappa shape index (κ1) is 60.2. The fourth-order valence-corrected chi connectivity index (χ4v) is 9.59. The van der Waals surface area contributed by atoms with Crippen LogP contribution in [-0.2, 0) is 54.3 Å². The zero-order chi connectivity index (χ0) is 53.4. The number of ether oxygens (including phenoxy) is 3. The number of amides is 5. The van der Waals surface area contributed by atoms with E-state index in [1.165, 1.54) is 37.8 Å². The fourth-order valence-electron chi connectivity index (χ4n) is 9.59. The van der Waals surface area contributed by atoms with Gasteiger partial charge in [-0.1, -0.05) is 80.9 Å². The number of likely N-dealkylation sites (N-methyl/N-ethyl adjacent to an activating group) is 2. The summed E-state index contributed by atoms with van der Waals surface area (Å²) in [4.78, 5) is 116. The molecule has 0 aliphatic carbocycles. The molecule has 3 rings (SSSR count). The Bertz CT molecular complexity index is 1950. The van der Waals surface area contributed by atoms with Gasteiger partial charge in [-0.25, -0.2) is 4.79 Å². The second-order valence-electron chi connectivity index (χ2n) is 21.1. The Labute approximate surface area is 422 Å². The highest BCUT2D eigenvalue weighted by atomic mass is 16.6. The van der Waals surface area contributed by atoms with Gasteiger partial charge in [0, 0.05) is 33.0 Å². The quantitative estimate of drug-likeness (QED) is 0.0907. The van der Waals surface area contributed by atoms with E-state index in [0.29, 0.717) is 56.5 Å². The van der Waals surface area contributed by atoms with Crippen LogP contribution in [0.15, 0.2) is 24.3 Å². The highest BCUT2D eigenvalue weighted by Crippen LogP contribution is 2.27. The SMILES string of the molecule is CC[C@H](C)[C@@H](NC(=O)[C@@H](NC(=O)C(CC(C)C)N(C)C(=O)C1CCCN1)[C@@H](C)OC(=O)[C@H](Cc1ccc(OC)cc1)N(C)C(=O)C1CCCN1C(=O)[C@@H](C)CC(C)C)[C@@H](O)CC(=O)O[C@H](C(C)=O)C(C)C. The predicted octanol–water partition coefficient (Wildman–Crippen LogP) is 4.22. The van der Waals surface area contributed by atoms with E-state index in [9.17, 15) is 43.5 Å². The lowest BCUT2D eigenvalue weighted by Crippen LogP contribution is -2.62. The van der Waals surface area contributed by atoms with Crippen LogP contribution in [0.4, 0.5) is 0 Å². The lowest BCUT2D eigenvalue weighted by atomic mass is 9.92. The largest absolute Gasteiger partial charge is 0.497 e. The van der Waals surface area contributed by atoms with Crippen molar-refractivity contribution >= 4 is 47.3 Å². The number of nitrogens with zero attached hydrogens (tertiary/aromatic N) is 3. The summed E-state index contributed by atoms with van der Waals surface area (Å²) in [6.07, 6.45) is -0.847. The minimum atomic E-state index is -1.63. The number of esters is 2. The molecule has 18 heteroatoms. The van der Waals surface area contributed by atoms with E-state index in [1.807, 2.05) is 41.5 Å². The maximum absolute atomic E-state index is 14.8. The van der Waals surface area contributed by atoms with E-state index >= 15 is 0 Å². The zero-order valence-corrected chi connectivity index (χ0v) is 45.0. The monoisotopic (exact) mass is 999 g/mol. The van der Waals surface area contributed by atoms with Crippen LogP contribution in [0.1, 0.15) is 133 Å². The number of ketones is 1. The number of hydrogen-bond donors (Lipinski definition) is 4. The van der Waals surface area contributed by atoms with Gasteiger partial charge >= 0.3 is 11.9 Å². The number of Topliss-reactive ketones (excluding diaryl/α,β-unsaturated/α-hetero) is 1. The topological polar surface area (TPSA) is 230 Å². The molecular formula is C53H86N6O12. The fraction of sp³-hybridized carbons (Fsp3) is 0.736. The summed E-state index contributed by atoms with van der Waals surface area (Å²) >= 11 is 0. The molecule has 4 N–H and O–H groups in total. The first-order chi connectivity index (χ1) is 33.3. The van der Waals surface area contributed by atoms with E-state index in [2.05, 4.69) is 16.0 Å². The van der Waals surface area contributed by atoms with Crippen LogP contribution in [-0.4, -0.2) is 156 Å². The van der Waals surface area contributed by atoms with Crippen LogP contribution in [0.5, 0.6) is 5.75 Å². The number of rotatable bonds is 27. The first-order valence-corrected chi connectivity index (χ1v) is 25.7. The Balaban J connectivity index is 2.07. The van der Waals surface area contributed by atoms with Crippen molar-refractivity contribution in [1.82, 2.24) is 30.7 Å². The minimum absolute atomic E-state index is 0.0241. The second kappa shape index (κ2) is 28.2. The van der Waals surface area contributed by atoms with Crippen LogP contribution in [0.3, 0.4) is 0 Å². The lowest BCUT2D eigenvalue weighted by Gasteiger charge is -2.36. The number of carbonyl (C=O) groups is 8.